The number of hydrogen-bond donors (Lipinski definition) is 1. The molecule has 3 heterocycles. The Morgan fingerprint density at radius 1 is 1.17 bits per heavy atom. The minimum Gasteiger partial charge on any atom is -0.355 e. The van der Waals surface area contributed by atoms with Crippen LogP contribution in [0.4, 0.5) is 14.7 Å². The Hall–Kier alpha value is -3.73. The molecule has 0 unspecified atom stereocenters. The average molecular weight is 497 g/mol. The van der Waals surface area contributed by atoms with E-state index in [1.807, 2.05) is 6.92 Å². The molecule has 0 bridgehead atoms. The third-order valence-electron chi connectivity index (χ3n) is 6.63. The van der Waals surface area contributed by atoms with Gasteiger partial charge in [-0.05, 0) is 44.0 Å². The second-order valence-electron chi connectivity index (χ2n) is 9.06. The Morgan fingerprint density at radius 3 is 2.64 bits per heavy atom. The molecular formula is C25H26F2N6O3. The zero-order chi connectivity index (χ0) is 25.2. The zero-order valence-corrected chi connectivity index (χ0v) is 19.7. The fraction of sp³-hybridized carbons (Fsp3) is 0.400. The average Bonchev–Trinajstić information content (AvgIpc) is 3.59. The lowest BCUT2D eigenvalue weighted by molar-refractivity contribution is -0.125. The molecule has 11 heteroatoms. The molecule has 3 aromatic rings. The molecule has 2 fully saturated rings. The van der Waals surface area contributed by atoms with E-state index in [1.165, 1.54) is 12.1 Å². The molecule has 36 heavy (non-hydrogen) atoms. The summed E-state index contributed by atoms with van der Waals surface area (Å²) in [5, 5.41) is 6.71. The highest BCUT2D eigenvalue weighted by molar-refractivity contribution is 5.97. The lowest BCUT2D eigenvalue weighted by Gasteiger charge is -2.39. The monoisotopic (exact) mass is 496 g/mol. The summed E-state index contributed by atoms with van der Waals surface area (Å²) in [4.78, 5) is 39.3. The highest BCUT2D eigenvalue weighted by Crippen LogP contribution is 2.33. The third kappa shape index (κ3) is 4.97. The first kappa shape index (κ1) is 24.0. The number of nitrogens with one attached hydrogen (secondary N) is 1. The van der Waals surface area contributed by atoms with Crippen LogP contribution in [-0.2, 0) is 4.79 Å². The first-order chi connectivity index (χ1) is 17.4. The number of halogens is 2. The van der Waals surface area contributed by atoms with E-state index in [-0.39, 0.29) is 29.0 Å². The van der Waals surface area contributed by atoms with Crippen LogP contribution in [0.25, 0.3) is 11.3 Å². The maximum Gasteiger partial charge on any atom is 0.273 e. The minimum absolute atomic E-state index is 0.00445. The molecule has 5 rings (SSSR count). The number of piperidine rings is 1. The van der Waals surface area contributed by atoms with Crippen molar-refractivity contribution in [2.75, 3.05) is 24.5 Å². The molecule has 1 aromatic carbocycles. The van der Waals surface area contributed by atoms with Gasteiger partial charge >= 0.3 is 0 Å². The van der Waals surface area contributed by atoms with Crippen LogP contribution in [0.2, 0.25) is 0 Å². The molecule has 1 N–H and O–H groups in total. The fourth-order valence-electron chi connectivity index (χ4n) is 4.54. The zero-order valence-electron chi connectivity index (χ0n) is 19.7. The van der Waals surface area contributed by atoms with E-state index in [0.29, 0.717) is 18.9 Å². The highest BCUT2D eigenvalue weighted by atomic mass is 19.1. The number of amides is 2. The number of rotatable bonds is 7. The van der Waals surface area contributed by atoms with Gasteiger partial charge in [0.05, 0.1) is 11.5 Å². The van der Waals surface area contributed by atoms with Crippen molar-refractivity contribution < 1.29 is 22.9 Å². The number of benzene rings is 1. The molecule has 1 aliphatic heterocycles. The smallest absolute Gasteiger partial charge is 0.273 e. The summed E-state index contributed by atoms with van der Waals surface area (Å²) >= 11 is 0. The second-order valence-corrected chi connectivity index (χ2v) is 9.06. The van der Waals surface area contributed by atoms with Gasteiger partial charge in [0.1, 0.15) is 11.6 Å². The standard InChI is InChI=1S/C25H26F2N6O3/c1-2-32-11-8-20(18(14-32)24(35)33(16-5-6-16)25-28-9-3-10-29-25)30-23(34)21-13-22(36-31-21)17-7-4-15(26)12-19(17)27/h3-4,7,9-10,12-13,16,18,20H,2,5-6,8,11,14H2,1H3,(H,30,34)/t18-,20-/m1/s1. The van der Waals surface area contributed by atoms with Crippen molar-refractivity contribution in [3.8, 4) is 11.3 Å². The Balaban J connectivity index is 1.35. The normalized spacial score (nSPS) is 20.2. The lowest BCUT2D eigenvalue weighted by atomic mass is 9.90. The van der Waals surface area contributed by atoms with Crippen LogP contribution in [0, 0.1) is 17.6 Å². The molecule has 9 nitrogen and oxygen atoms in total. The molecule has 1 aliphatic carbocycles. The number of anilines is 1. The largest absolute Gasteiger partial charge is 0.355 e. The van der Waals surface area contributed by atoms with Crippen LogP contribution in [0.5, 0.6) is 0 Å². The Bertz CT molecular complexity index is 1250. The number of carbonyl (C=O) groups is 2. The van der Waals surface area contributed by atoms with Gasteiger partial charge in [0.2, 0.25) is 11.9 Å². The van der Waals surface area contributed by atoms with Gasteiger partial charge in [-0.1, -0.05) is 12.1 Å². The van der Waals surface area contributed by atoms with Gasteiger partial charge in [-0.25, -0.2) is 18.7 Å². The molecule has 2 amide bonds. The van der Waals surface area contributed by atoms with Gasteiger partial charge in [0, 0.05) is 49.7 Å². The Kier molecular flexibility index (Phi) is 6.73. The number of aromatic nitrogens is 3. The summed E-state index contributed by atoms with van der Waals surface area (Å²) in [6.07, 6.45) is 5.55. The minimum atomic E-state index is -0.820. The van der Waals surface area contributed by atoms with Crippen molar-refractivity contribution in [2.45, 2.75) is 38.3 Å². The molecule has 2 aromatic heterocycles. The third-order valence-corrected chi connectivity index (χ3v) is 6.63. The van der Waals surface area contributed by atoms with Gasteiger partial charge in [-0.3, -0.25) is 14.5 Å². The summed E-state index contributed by atoms with van der Waals surface area (Å²) in [5.74, 6) is -2.33. The van der Waals surface area contributed by atoms with E-state index < -0.39 is 29.5 Å². The van der Waals surface area contributed by atoms with Gasteiger partial charge in [0.15, 0.2) is 11.5 Å². The van der Waals surface area contributed by atoms with Crippen molar-refractivity contribution in [3.05, 3.63) is 60.1 Å². The van der Waals surface area contributed by atoms with Crippen LogP contribution in [-0.4, -0.2) is 63.6 Å². The molecule has 2 aliphatic rings. The van der Waals surface area contributed by atoms with Gasteiger partial charge in [-0.2, -0.15) is 0 Å². The number of likely N-dealkylation sites (tertiary alicyclic amines) is 1. The van der Waals surface area contributed by atoms with Gasteiger partial charge < -0.3 is 14.7 Å². The molecule has 1 saturated heterocycles. The highest BCUT2D eigenvalue weighted by Gasteiger charge is 2.43. The van der Waals surface area contributed by atoms with Crippen LogP contribution in [0.3, 0.4) is 0 Å². The first-order valence-electron chi connectivity index (χ1n) is 12.0. The van der Waals surface area contributed by atoms with E-state index in [0.717, 1.165) is 38.1 Å². The number of nitrogens with zero attached hydrogens (tertiary/aromatic N) is 5. The second kappa shape index (κ2) is 10.1. The molecular weight excluding hydrogens is 470 g/mol. The molecule has 2 atom stereocenters. The predicted molar refractivity (Wildman–Crippen MR) is 126 cm³/mol. The van der Waals surface area contributed by atoms with Crippen LogP contribution in [0.15, 0.2) is 47.2 Å². The number of hydrogen-bond acceptors (Lipinski definition) is 7. The van der Waals surface area contributed by atoms with Crippen LogP contribution in [0.1, 0.15) is 36.7 Å². The fourth-order valence-corrected chi connectivity index (χ4v) is 4.54. The predicted octanol–water partition coefficient (Wildman–Crippen LogP) is 3.05. The van der Waals surface area contributed by atoms with Crippen molar-refractivity contribution >= 4 is 17.8 Å². The van der Waals surface area contributed by atoms with E-state index >= 15 is 0 Å². The maximum atomic E-state index is 14.1. The van der Waals surface area contributed by atoms with Crippen molar-refractivity contribution in [3.63, 3.8) is 0 Å². The molecule has 1 saturated carbocycles. The quantitative estimate of drug-likeness (QED) is 0.536. The van der Waals surface area contributed by atoms with Gasteiger partial charge in [-0.15, -0.1) is 0 Å². The van der Waals surface area contributed by atoms with Crippen molar-refractivity contribution in [1.29, 1.82) is 0 Å². The lowest BCUT2D eigenvalue weighted by Crippen LogP contribution is -2.57. The van der Waals surface area contributed by atoms with Crippen LogP contribution < -0.4 is 10.2 Å². The van der Waals surface area contributed by atoms with Crippen LogP contribution >= 0.6 is 0 Å². The van der Waals surface area contributed by atoms with E-state index in [4.69, 9.17) is 4.52 Å². The summed E-state index contributed by atoms with van der Waals surface area (Å²) in [7, 11) is 0. The molecule has 188 valence electrons. The summed E-state index contributed by atoms with van der Waals surface area (Å²) < 4.78 is 32.5. The van der Waals surface area contributed by atoms with E-state index in [1.54, 1.807) is 23.4 Å². The number of carbonyl (C=O) groups excluding carboxylic acids is 2. The topological polar surface area (TPSA) is 104 Å². The first-order valence-corrected chi connectivity index (χ1v) is 12.0. The summed E-state index contributed by atoms with van der Waals surface area (Å²) in [5.41, 5.74) is -0.0570. The molecule has 0 spiro atoms. The van der Waals surface area contributed by atoms with E-state index in [2.05, 4.69) is 25.3 Å². The van der Waals surface area contributed by atoms with Crippen molar-refractivity contribution in [2.24, 2.45) is 5.92 Å². The van der Waals surface area contributed by atoms with Gasteiger partial charge in [0.25, 0.3) is 5.91 Å². The van der Waals surface area contributed by atoms with Crippen molar-refractivity contribution in [1.82, 2.24) is 25.3 Å². The maximum absolute atomic E-state index is 14.1. The SMILES string of the molecule is CCN1CC[C@@H](NC(=O)c2cc(-c3ccc(F)cc3F)on2)[C@H](C(=O)N(c2ncccn2)C2CC2)C1. The summed E-state index contributed by atoms with van der Waals surface area (Å²) in [6.45, 7) is 4.03. The Morgan fingerprint density at radius 2 is 1.94 bits per heavy atom. The van der Waals surface area contributed by atoms with E-state index in [9.17, 15) is 18.4 Å². The molecule has 0 radical (unpaired) electrons. The Labute approximate surface area is 206 Å². The summed E-state index contributed by atoms with van der Waals surface area (Å²) in [6, 6.07) is 5.67.